The largest absolute Gasteiger partial charge is 0.307 e. The van der Waals surface area contributed by atoms with Crippen molar-refractivity contribution in [2.45, 2.75) is 13.3 Å². The normalized spacial score (nSPS) is 9.77. The lowest BCUT2D eigenvalue weighted by atomic mass is 10.1. The molecule has 2 nitrogen and oxygen atoms in total. The first-order valence-corrected chi connectivity index (χ1v) is 4.65. The van der Waals surface area contributed by atoms with Gasteiger partial charge in [0.15, 0.2) is 0 Å². The summed E-state index contributed by atoms with van der Waals surface area (Å²) >= 11 is 3.74. The van der Waals surface area contributed by atoms with Crippen LogP contribution in [0.3, 0.4) is 0 Å². The highest BCUT2D eigenvalue weighted by atomic mass is 32.1. The molecule has 13 heavy (non-hydrogen) atoms. The van der Waals surface area contributed by atoms with Gasteiger partial charge in [-0.3, -0.25) is 4.79 Å². The Bertz CT molecular complexity index is 294. The van der Waals surface area contributed by atoms with Crippen LogP contribution in [-0.4, -0.2) is 12.3 Å². The molecule has 0 unspecified atom stereocenters. The number of carbonyl (C=O) groups excluding carboxylic acids is 1. The van der Waals surface area contributed by atoms with E-state index in [1.807, 2.05) is 24.3 Å². The maximum absolute atomic E-state index is 10.9. The van der Waals surface area contributed by atoms with E-state index in [9.17, 15) is 4.79 Å². The predicted octanol–water partition coefficient (Wildman–Crippen LogP) is 2.74. The summed E-state index contributed by atoms with van der Waals surface area (Å²) in [7, 11) is 1.70. The number of anilines is 1. The number of hydrogen-bond acceptors (Lipinski definition) is 1. The van der Waals surface area contributed by atoms with Crippen LogP contribution in [0.2, 0.25) is 0 Å². The Kier molecular flexibility index (Phi) is 3.37. The van der Waals surface area contributed by atoms with Gasteiger partial charge in [-0.25, -0.2) is 0 Å². The number of nitrogens with zero attached hydrogens (tertiary/aromatic N) is 1. The number of carbonyl (C=O) groups is 1. The van der Waals surface area contributed by atoms with Crippen molar-refractivity contribution in [2.75, 3.05) is 11.9 Å². The van der Waals surface area contributed by atoms with Crippen LogP contribution in [0.4, 0.5) is 10.5 Å². The molecule has 0 N–H and O–H groups in total. The quantitative estimate of drug-likeness (QED) is 0.719. The molecule has 0 heterocycles. The lowest BCUT2D eigenvalue weighted by Crippen LogP contribution is -2.19. The molecule has 0 atom stereocenters. The third-order valence-corrected chi connectivity index (χ3v) is 2.32. The van der Waals surface area contributed by atoms with Crippen molar-refractivity contribution in [1.82, 2.24) is 0 Å². The van der Waals surface area contributed by atoms with Gasteiger partial charge in [-0.2, -0.15) is 0 Å². The Morgan fingerprint density at radius 1 is 1.38 bits per heavy atom. The Labute approximate surface area is 84.0 Å². The molecular weight excluding hydrogens is 182 g/mol. The van der Waals surface area contributed by atoms with E-state index in [1.165, 1.54) is 10.5 Å². The number of benzene rings is 1. The second-order valence-corrected chi connectivity index (χ2v) is 3.24. The highest BCUT2D eigenvalue weighted by Crippen LogP contribution is 2.15. The van der Waals surface area contributed by atoms with E-state index in [0.717, 1.165) is 12.1 Å². The van der Waals surface area contributed by atoms with Crippen LogP contribution in [0.25, 0.3) is 0 Å². The molecule has 0 spiro atoms. The third kappa shape index (κ3) is 2.49. The lowest BCUT2D eigenvalue weighted by Gasteiger charge is -2.13. The molecule has 0 radical (unpaired) electrons. The molecule has 0 bridgehead atoms. The van der Waals surface area contributed by atoms with Gasteiger partial charge in [-0.05, 0) is 24.1 Å². The fourth-order valence-corrected chi connectivity index (χ4v) is 1.18. The first kappa shape index (κ1) is 10.1. The second kappa shape index (κ2) is 4.33. The van der Waals surface area contributed by atoms with Crippen molar-refractivity contribution in [3.63, 3.8) is 0 Å². The molecular formula is C10H13NOS. The van der Waals surface area contributed by atoms with E-state index in [4.69, 9.17) is 0 Å². The second-order valence-electron chi connectivity index (χ2n) is 2.86. The Morgan fingerprint density at radius 2 is 1.92 bits per heavy atom. The molecule has 1 aromatic rings. The zero-order valence-corrected chi connectivity index (χ0v) is 8.71. The fraction of sp³-hybridized carbons (Fsp3) is 0.300. The first-order chi connectivity index (χ1) is 6.15. The van der Waals surface area contributed by atoms with Crippen molar-refractivity contribution >= 4 is 23.6 Å². The van der Waals surface area contributed by atoms with E-state index in [-0.39, 0.29) is 5.24 Å². The summed E-state index contributed by atoms with van der Waals surface area (Å²) < 4.78 is 0. The third-order valence-electron chi connectivity index (χ3n) is 2.02. The Morgan fingerprint density at radius 3 is 2.31 bits per heavy atom. The number of hydrogen-bond donors (Lipinski definition) is 1. The molecule has 0 saturated carbocycles. The molecule has 1 rings (SSSR count). The summed E-state index contributed by atoms with van der Waals surface area (Å²) in [6.45, 7) is 2.10. The average molecular weight is 195 g/mol. The molecule has 3 heteroatoms. The van der Waals surface area contributed by atoms with Gasteiger partial charge >= 0.3 is 0 Å². The molecule has 0 fully saturated rings. The number of amides is 1. The number of thiol groups is 1. The summed E-state index contributed by atoms with van der Waals surface area (Å²) in [5.74, 6) is 0. The van der Waals surface area contributed by atoms with Crippen molar-refractivity contribution in [1.29, 1.82) is 0 Å². The van der Waals surface area contributed by atoms with Crippen LogP contribution < -0.4 is 4.90 Å². The minimum atomic E-state index is -0.246. The zero-order valence-electron chi connectivity index (χ0n) is 7.82. The van der Waals surface area contributed by atoms with Crippen LogP contribution in [-0.2, 0) is 6.42 Å². The summed E-state index contributed by atoms with van der Waals surface area (Å²) in [6.07, 6.45) is 1.01. The summed E-state index contributed by atoms with van der Waals surface area (Å²) in [5, 5.41) is -0.246. The van der Waals surface area contributed by atoms with Crippen LogP contribution in [0.5, 0.6) is 0 Å². The highest BCUT2D eigenvalue weighted by molar-refractivity contribution is 7.96. The maximum atomic E-state index is 10.9. The SMILES string of the molecule is CCc1ccc(N(C)C(=O)S)cc1. The summed E-state index contributed by atoms with van der Waals surface area (Å²) in [5.41, 5.74) is 2.14. The molecule has 0 saturated heterocycles. The van der Waals surface area contributed by atoms with Crippen molar-refractivity contribution in [2.24, 2.45) is 0 Å². The predicted molar refractivity (Wildman–Crippen MR) is 58.6 cm³/mol. The topological polar surface area (TPSA) is 20.3 Å². The van der Waals surface area contributed by atoms with Crippen LogP contribution in [0.1, 0.15) is 12.5 Å². The van der Waals surface area contributed by atoms with E-state index in [1.54, 1.807) is 7.05 Å². The van der Waals surface area contributed by atoms with E-state index in [2.05, 4.69) is 19.6 Å². The fourth-order valence-electron chi connectivity index (χ4n) is 1.07. The Balaban J connectivity index is 2.85. The Hall–Kier alpha value is -0.960. The van der Waals surface area contributed by atoms with E-state index < -0.39 is 0 Å². The van der Waals surface area contributed by atoms with Crippen molar-refractivity contribution in [3.8, 4) is 0 Å². The molecule has 0 aliphatic rings. The van der Waals surface area contributed by atoms with Gasteiger partial charge < -0.3 is 4.90 Å². The van der Waals surface area contributed by atoms with Crippen molar-refractivity contribution in [3.05, 3.63) is 29.8 Å². The van der Waals surface area contributed by atoms with Gasteiger partial charge in [0.1, 0.15) is 0 Å². The molecule has 0 aliphatic carbocycles. The standard InChI is InChI=1S/C10H13NOS/c1-3-8-4-6-9(7-5-8)11(2)10(12)13/h4-7H,3H2,1-2H3,(H,12,13). The number of aryl methyl sites for hydroxylation is 1. The minimum Gasteiger partial charge on any atom is -0.307 e. The van der Waals surface area contributed by atoms with Crippen molar-refractivity contribution < 1.29 is 4.79 Å². The van der Waals surface area contributed by atoms with Gasteiger partial charge in [-0.1, -0.05) is 31.7 Å². The van der Waals surface area contributed by atoms with Gasteiger partial charge in [0.25, 0.3) is 5.24 Å². The van der Waals surface area contributed by atoms with Gasteiger partial charge in [-0.15, -0.1) is 0 Å². The molecule has 0 aromatic heterocycles. The smallest absolute Gasteiger partial charge is 0.282 e. The maximum Gasteiger partial charge on any atom is 0.282 e. The zero-order chi connectivity index (χ0) is 9.84. The molecule has 1 amide bonds. The summed E-state index contributed by atoms with van der Waals surface area (Å²) in [6, 6.07) is 7.88. The van der Waals surface area contributed by atoms with Crippen LogP contribution >= 0.6 is 12.6 Å². The van der Waals surface area contributed by atoms with E-state index in [0.29, 0.717) is 0 Å². The minimum absolute atomic E-state index is 0.246. The van der Waals surface area contributed by atoms with Gasteiger partial charge in [0, 0.05) is 12.7 Å². The average Bonchev–Trinajstić information content (AvgIpc) is 2.17. The molecule has 1 aromatic carbocycles. The highest BCUT2D eigenvalue weighted by Gasteiger charge is 2.04. The molecule has 70 valence electrons. The number of rotatable bonds is 2. The van der Waals surface area contributed by atoms with Crippen LogP contribution in [0, 0.1) is 0 Å². The van der Waals surface area contributed by atoms with Crippen LogP contribution in [0.15, 0.2) is 24.3 Å². The van der Waals surface area contributed by atoms with Gasteiger partial charge in [0.05, 0.1) is 0 Å². The monoisotopic (exact) mass is 195 g/mol. The first-order valence-electron chi connectivity index (χ1n) is 4.20. The summed E-state index contributed by atoms with van der Waals surface area (Å²) in [4.78, 5) is 12.4. The lowest BCUT2D eigenvalue weighted by molar-refractivity contribution is 0.266. The van der Waals surface area contributed by atoms with E-state index >= 15 is 0 Å². The molecule has 0 aliphatic heterocycles. The van der Waals surface area contributed by atoms with Gasteiger partial charge in [0.2, 0.25) is 0 Å².